The number of anilines is 1. The first kappa shape index (κ1) is 19.7. The number of halogens is 3. The van der Waals surface area contributed by atoms with Crippen molar-refractivity contribution in [3.05, 3.63) is 29.8 Å². The molecule has 0 N–H and O–H groups in total. The van der Waals surface area contributed by atoms with Gasteiger partial charge in [-0.15, -0.1) is 0 Å². The standard InChI is InChI=1S/C20H25F3N2O2/c1-13(2)14-5-3-7-17(9-14)25-11-15(10-18(25)26)19(27)24-8-4-6-16(12-24)20(21,22)23/h3,5,7,9,13,15-16H,4,6,8,10-12H2,1-2H3. The number of nitrogens with zero attached hydrogens (tertiary/aromatic N) is 2. The molecule has 27 heavy (non-hydrogen) atoms. The maximum atomic E-state index is 13.0. The van der Waals surface area contributed by atoms with E-state index in [1.165, 1.54) is 4.90 Å². The quantitative estimate of drug-likeness (QED) is 0.794. The van der Waals surface area contributed by atoms with Gasteiger partial charge in [0.2, 0.25) is 11.8 Å². The second-order valence-corrected chi connectivity index (χ2v) is 7.82. The van der Waals surface area contributed by atoms with Crippen molar-refractivity contribution in [2.75, 3.05) is 24.5 Å². The molecule has 2 amide bonds. The lowest BCUT2D eigenvalue weighted by Crippen LogP contribution is -2.47. The average molecular weight is 382 g/mol. The Labute approximate surface area is 157 Å². The Balaban J connectivity index is 1.70. The molecule has 2 atom stereocenters. The number of hydrogen-bond acceptors (Lipinski definition) is 2. The first-order chi connectivity index (χ1) is 12.7. The van der Waals surface area contributed by atoms with Crippen LogP contribution in [0.3, 0.4) is 0 Å². The summed E-state index contributed by atoms with van der Waals surface area (Å²) in [6, 6.07) is 7.64. The molecule has 0 aliphatic carbocycles. The van der Waals surface area contributed by atoms with Gasteiger partial charge >= 0.3 is 6.18 Å². The van der Waals surface area contributed by atoms with Gasteiger partial charge in [0.1, 0.15) is 0 Å². The SMILES string of the molecule is CC(C)c1cccc(N2CC(C(=O)N3CCCC(C(F)(F)F)C3)CC2=O)c1. The molecule has 148 valence electrons. The van der Waals surface area contributed by atoms with Gasteiger partial charge in [-0.2, -0.15) is 13.2 Å². The van der Waals surface area contributed by atoms with E-state index >= 15 is 0 Å². The molecule has 2 saturated heterocycles. The second kappa shape index (κ2) is 7.52. The molecule has 0 radical (unpaired) electrons. The van der Waals surface area contributed by atoms with Gasteiger partial charge < -0.3 is 9.80 Å². The Morgan fingerprint density at radius 3 is 2.63 bits per heavy atom. The van der Waals surface area contributed by atoms with Crippen molar-refractivity contribution in [2.45, 2.75) is 45.2 Å². The van der Waals surface area contributed by atoms with Crippen LogP contribution in [0.25, 0.3) is 0 Å². The minimum absolute atomic E-state index is 0.0535. The Morgan fingerprint density at radius 2 is 1.96 bits per heavy atom. The largest absolute Gasteiger partial charge is 0.393 e. The van der Waals surface area contributed by atoms with Crippen molar-refractivity contribution in [1.82, 2.24) is 4.90 Å². The highest BCUT2D eigenvalue weighted by molar-refractivity contribution is 6.00. The number of piperidine rings is 1. The summed E-state index contributed by atoms with van der Waals surface area (Å²) in [5.74, 6) is -2.22. The van der Waals surface area contributed by atoms with E-state index in [4.69, 9.17) is 0 Å². The predicted octanol–water partition coefficient (Wildman–Crippen LogP) is 3.96. The molecule has 2 fully saturated rings. The number of carbonyl (C=O) groups excluding carboxylic acids is 2. The lowest BCUT2D eigenvalue weighted by atomic mass is 9.96. The van der Waals surface area contributed by atoms with E-state index in [9.17, 15) is 22.8 Å². The normalized spacial score (nSPS) is 24.0. The third kappa shape index (κ3) is 4.28. The van der Waals surface area contributed by atoms with Crippen LogP contribution in [0.2, 0.25) is 0 Å². The first-order valence-corrected chi connectivity index (χ1v) is 9.42. The maximum Gasteiger partial charge on any atom is 0.393 e. The lowest BCUT2D eigenvalue weighted by Gasteiger charge is -2.35. The second-order valence-electron chi connectivity index (χ2n) is 7.82. The van der Waals surface area contributed by atoms with Crippen LogP contribution in [0.5, 0.6) is 0 Å². The number of benzene rings is 1. The fourth-order valence-electron chi connectivity index (χ4n) is 3.88. The van der Waals surface area contributed by atoms with E-state index in [0.717, 1.165) is 11.3 Å². The Kier molecular flexibility index (Phi) is 5.49. The zero-order valence-corrected chi connectivity index (χ0v) is 15.6. The molecule has 0 aromatic heterocycles. The van der Waals surface area contributed by atoms with Crippen LogP contribution in [0.15, 0.2) is 24.3 Å². The minimum Gasteiger partial charge on any atom is -0.342 e. The van der Waals surface area contributed by atoms with E-state index < -0.39 is 18.0 Å². The monoisotopic (exact) mass is 382 g/mol. The Morgan fingerprint density at radius 1 is 1.22 bits per heavy atom. The van der Waals surface area contributed by atoms with Crippen LogP contribution in [0.1, 0.15) is 44.6 Å². The van der Waals surface area contributed by atoms with Gasteiger partial charge in [-0.1, -0.05) is 26.0 Å². The zero-order chi connectivity index (χ0) is 19.8. The summed E-state index contributed by atoms with van der Waals surface area (Å²) in [6.07, 6.45) is -3.83. The van der Waals surface area contributed by atoms with Gasteiger partial charge in [0.05, 0.1) is 11.8 Å². The van der Waals surface area contributed by atoms with Gasteiger partial charge in [0.25, 0.3) is 0 Å². The number of alkyl halides is 3. The Bertz CT molecular complexity index is 717. The van der Waals surface area contributed by atoms with E-state index in [2.05, 4.69) is 13.8 Å². The van der Waals surface area contributed by atoms with E-state index in [0.29, 0.717) is 18.9 Å². The number of rotatable bonds is 3. The summed E-state index contributed by atoms with van der Waals surface area (Å²) in [7, 11) is 0. The molecule has 2 heterocycles. The average Bonchev–Trinajstić information content (AvgIpc) is 3.02. The smallest absolute Gasteiger partial charge is 0.342 e. The van der Waals surface area contributed by atoms with Crippen LogP contribution < -0.4 is 4.90 Å². The minimum atomic E-state index is -4.28. The highest BCUT2D eigenvalue weighted by atomic mass is 19.4. The molecule has 1 aromatic rings. The molecule has 1 aromatic carbocycles. The fraction of sp³-hybridized carbons (Fsp3) is 0.600. The van der Waals surface area contributed by atoms with Crippen molar-refractivity contribution < 1.29 is 22.8 Å². The summed E-state index contributed by atoms with van der Waals surface area (Å²) in [6.45, 7) is 4.39. The van der Waals surface area contributed by atoms with Crippen LogP contribution in [0.4, 0.5) is 18.9 Å². The van der Waals surface area contributed by atoms with Gasteiger partial charge in [0, 0.05) is 31.7 Å². The van der Waals surface area contributed by atoms with E-state index in [1.807, 2.05) is 24.3 Å². The van der Waals surface area contributed by atoms with Crippen molar-refractivity contribution in [1.29, 1.82) is 0 Å². The van der Waals surface area contributed by atoms with E-state index in [1.54, 1.807) is 4.90 Å². The molecule has 4 nitrogen and oxygen atoms in total. The lowest BCUT2D eigenvalue weighted by molar-refractivity contribution is -0.188. The third-order valence-electron chi connectivity index (χ3n) is 5.52. The molecule has 2 aliphatic rings. The zero-order valence-electron chi connectivity index (χ0n) is 15.6. The van der Waals surface area contributed by atoms with Crippen molar-refractivity contribution >= 4 is 17.5 Å². The number of likely N-dealkylation sites (tertiary alicyclic amines) is 1. The van der Waals surface area contributed by atoms with Crippen LogP contribution >= 0.6 is 0 Å². The molecule has 0 saturated carbocycles. The Hall–Kier alpha value is -2.05. The number of carbonyl (C=O) groups is 2. The first-order valence-electron chi connectivity index (χ1n) is 9.42. The predicted molar refractivity (Wildman–Crippen MR) is 96.4 cm³/mol. The summed E-state index contributed by atoms with van der Waals surface area (Å²) in [5.41, 5.74) is 1.84. The van der Waals surface area contributed by atoms with Crippen molar-refractivity contribution in [2.24, 2.45) is 11.8 Å². The molecule has 0 spiro atoms. The third-order valence-corrected chi connectivity index (χ3v) is 5.52. The highest BCUT2D eigenvalue weighted by Gasteiger charge is 2.44. The van der Waals surface area contributed by atoms with E-state index in [-0.39, 0.29) is 37.7 Å². The molecule has 3 rings (SSSR count). The fourth-order valence-corrected chi connectivity index (χ4v) is 3.88. The summed E-state index contributed by atoms with van der Waals surface area (Å²) in [5, 5.41) is 0. The molecular weight excluding hydrogens is 357 g/mol. The van der Waals surface area contributed by atoms with Gasteiger partial charge in [-0.25, -0.2) is 0 Å². The molecule has 2 aliphatic heterocycles. The van der Waals surface area contributed by atoms with Gasteiger partial charge in [-0.05, 0) is 36.5 Å². The van der Waals surface area contributed by atoms with Crippen molar-refractivity contribution in [3.63, 3.8) is 0 Å². The van der Waals surface area contributed by atoms with Gasteiger partial charge in [0.15, 0.2) is 0 Å². The topological polar surface area (TPSA) is 40.6 Å². The van der Waals surface area contributed by atoms with Crippen LogP contribution in [0, 0.1) is 11.8 Å². The molecule has 7 heteroatoms. The van der Waals surface area contributed by atoms with Gasteiger partial charge in [-0.3, -0.25) is 9.59 Å². The summed E-state index contributed by atoms with van der Waals surface area (Å²) >= 11 is 0. The molecule has 2 unspecified atom stereocenters. The molecular formula is C20H25F3N2O2. The van der Waals surface area contributed by atoms with Crippen molar-refractivity contribution in [3.8, 4) is 0 Å². The maximum absolute atomic E-state index is 13.0. The number of hydrogen-bond donors (Lipinski definition) is 0. The summed E-state index contributed by atoms with van der Waals surface area (Å²) in [4.78, 5) is 28.1. The van der Waals surface area contributed by atoms with Crippen LogP contribution in [-0.4, -0.2) is 42.5 Å². The highest BCUT2D eigenvalue weighted by Crippen LogP contribution is 2.35. The number of amides is 2. The van der Waals surface area contributed by atoms with Crippen LogP contribution in [-0.2, 0) is 9.59 Å². The molecule has 0 bridgehead atoms. The summed E-state index contributed by atoms with van der Waals surface area (Å²) < 4.78 is 39.0.